The number of nitrogens with zero attached hydrogens (tertiary/aromatic N) is 1. The smallest absolute Gasteiger partial charge is 0.0603 e. The van der Waals surface area contributed by atoms with Crippen molar-refractivity contribution in [3.05, 3.63) is 41.6 Å². The molecule has 0 radical (unpaired) electrons. The number of hydrogen-bond donors (Lipinski definition) is 2. The largest absolute Gasteiger partial charge is 0.399 e. The Labute approximate surface area is 116 Å². The molecule has 3 N–H and O–H groups in total. The normalized spacial score (nSPS) is 11.2. The van der Waals surface area contributed by atoms with Gasteiger partial charge in [0.2, 0.25) is 0 Å². The number of nitrogens with two attached hydrogens (primary N) is 1. The minimum atomic E-state index is -0.0407. The monoisotopic (exact) mass is 259 g/mol. The van der Waals surface area contributed by atoms with Crippen molar-refractivity contribution in [1.29, 1.82) is 5.41 Å². The van der Waals surface area contributed by atoms with Gasteiger partial charge >= 0.3 is 0 Å². The molecule has 0 atom stereocenters. The molecule has 0 aliphatic heterocycles. The fraction of sp³-hybridized carbons (Fsp3) is 0.438. The van der Waals surface area contributed by atoms with E-state index in [-0.39, 0.29) is 5.54 Å². The van der Waals surface area contributed by atoms with Gasteiger partial charge in [0.05, 0.1) is 12.3 Å². The molecule has 0 aromatic heterocycles. The second-order valence-electron chi connectivity index (χ2n) is 6.04. The van der Waals surface area contributed by atoms with Crippen molar-refractivity contribution >= 4 is 11.4 Å². The topological polar surface area (TPSA) is 53.1 Å². The average molecular weight is 259 g/mol. The zero-order valence-corrected chi connectivity index (χ0v) is 12.7. The van der Waals surface area contributed by atoms with Gasteiger partial charge in [0.25, 0.3) is 0 Å². The third-order valence-corrected chi connectivity index (χ3v) is 3.21. The van der Waals surface area contributed by atoms with Crippen LogP contribution in [0, 0.1) is 12.3 Å². The quantitative estimate of drug-likeness (QED) is 0.641. The molecule has 1 aromatic carbocycles. The molecule has 0 unspecified atom stereocenters. The number of aryl methyl sites for hydroxylation is 1. The number of rotatable bonds is 4. The maximum absolute atomic E-state index is 8.28. The summed E-state index contributed by atoms with van der Waals surface area (Å²) in [4.78, 5) is 2.14. The molecule has 0 aliphatic rings. The van der Waals surface area contributed by atoms with Crippen LogP contribution in [0.3, 0.4) is 0 Å². The van der Waals surface area contributed by atoms with E-state index >= 15 is 0 Å². The summed E-state index contributed by atoms with van der Waals surface area (Å²) in [7, 11) is 0. The van der Waals surface area contributed by atoms with E-state index < -0.39 is 0 Å². The lowest BCUT2D eigenvalue weighted by Crippen LogP contribution is -2.42. The van der Waals surface area contributed by atoms with Crippen molar-refractivity contribution in [2.24, 2.45) is 0 Å². The SMILES string of the molecule is C=C(C)N(CC(=N)c1ccc(N)c(C)c1)C(C)(C)C. The summed E-state index contributed by atoms with van der Waals surface area (Å²) in [5.41, 5.74) is 10.0. The molecule has 3 nitrogen and oxygen atoms in total. The Morgan fingerprint density at radius 2 is 1.95 bits per heavy atom. The molecule has 0 amide bonds. The summed E-state index contributed by atoms with van der Waals surface area (Å²) in [5.74, 6) is 0. The van der Waals surface area contributed by atoms with Crippen molar-refractivity contribution in [2.45, 2.75) is 40.2 Å². The lowest BCUT2D eigenvalue weighted by atomic mass is 10.0. The molecule has 3 heteroatoms. The zero-order valence-electron chi connectivity index (χ0n) is 12.7. The van der Waals surface area contributed by atoms with Crippen LogP contribution in [0.4, 0.5) is 5.69 Å². The Morgan fingerprint density at radius 3 is 2.37 bits per heavy atom. The van der Waals surface area contributed by atoms with E-state index in [9.17, 15) is 0 Å². The number of benzene rings is 1. The molecule has 1 aromatic rings. The van der Waals surface area contributed by atoms with Crippen LogP contribution in [0.2, 0.25) is 0 Å². The van der Waals surface area contributed by atoms with Gasteiger partial charge in [-0.1, -0.05) is 12.6 Å². The van der Waals surface area contributed by atoms with Crippen molar-refractivity contribution in [2.75, 3.05) is 12.3 Å². The van der Waals surface area contributed by atoms with Crippen molar-refractivity contribution in [3.8, 4) is 0 Å². The average Bonchev–Trinajstić information content (AvgIpc) is 2.27. The lowest BCUT2D eigenvalue weighted by molar-refractivity contribution is 0.212. The molecule has 19 heavy (non-hydrogen) atoms. The highest BCUT2D eigenvalue weighted by atomic mass is 15.2. The van der Waals surface area contributed by atoms with E-state index in [0.717, 1.165) is 22.5 Å². The zero-order chi connectivity index (χ0) is 14.8. The van der Waals surface area contributed by atoms with Crippen LogP contribution in [0.25, 0.3) is 0 Å². The van der Waals surface area contributed by atoms with E-state index in [1.165, 1.54) is 0 Å². The highest BCUT2D eigenvalue weighted by Gasteiger charge is 2.22. The predicted molar refractivity (Wildman–Crippen MR) is 83.7 cm³/mol. The Balaban J connectivity index is 2.94. The van der Waals surface area contributed by atoms with Crippen LogP contribution in [0.5, 0.6) is 0 Å². The molecule has 0 bridgehead atoms. The summed E-state index contributed by atoms with van der Waals surface area (Å²) < 4.78 is 0. The van der Waals surface area contributed by atoms with Gasteiger partial charge in [-0.25, -0.2) is 0 Å². The van der Waals surface area contributed by atoms with E-state index in [1.807, 2.05) is 32.0 Å². The van der Waals surface area contributed by atoms with Gasteiger partial charge in [-0.15, -0.1) is 0 Å². The molecular formula is C16H25N3. The maximum atomic E-state index is 8.28. The first kappa shape index (κ1) is 15.3. The summed E-state index contributed by atoms with van der Waals surface area (Å²) in [6, 6.07) is 5.74. The van der Waals surface area contributed by atoms with Gasteiger partial charge in [-0.3, -0.25) is 0 Å². The molecule has 0 saturated heterocycles. The molecule has 0 aliphatic carbocycles. The third-order valence-electron chi connectivity index (χ3n) is 3.21. The van der Waals surface area contributed by atoms with E-state index in [0.29, 0.717) is 12.3 Å². The Kier molecular flexibility index (Phi) is 4.40. The summed E-state index contributed by atoms with van der Waals surface area (Å²) in [6.07, 6.45) is 0. The minimum absolute atomic E-state index is 0.0407. The summed E-state index contributed by atoms with van der Waals surface area (Å²) in [6.45, 7) is 14.9. The van der Waals surface area contributed by atoms with Crippen molar-refractivity contribution in [3.63, 3.8) is 0 Å². The lowest BCUT2D eigenvalue weighted by Gasteiger charge is -2.38. The first-order valence-corrected chi connectivity index (χ1v) is 6.50. The standard InChI is InChI=1S/C16H25N3/c1-11(2)19(16(4,5)6)10-15(18)13-7-8-14(17)12(3)9-13/h7-9,18H,1,10,17H2,2-6H3. The summed E-state index contributed by atoms with van der Waals surface area (Å²) in [5, 5.41) is 8.28. The molecule has 0 saturated carbocycles. The summed E-state index contributed by atoms with van der Waals surface area (Å²) >= 11 is 0. The van der Waals surface area contributed by atoms with E-state index in [4.69, 9.17) is 11.1 Å². The number of anilines is 1. The first-order chi connectivity index (χ1) is 8.62. The fourth-order valence-electron chi connectivity index (χ4n) is 2.06. The number of allylic oxidation sites excluding steroid dienone is 1. The fourth-order valence-corrected chi connectivity index (χ4v) is 2.06. The van der Waals surface area contributed by atoms with Gasteiger partial charge < -0.3 is 16.0 Å². The highest BCUT2D eigenvalue weighted by Crippen LogP contribution is 2.20. The predicted octanol–water partition coefficient (Wildman–Crippen LogP) is 3.58. The van der Waals surface area contributed by atoms with Crippen LogP contribution < -0.4 is 5.73 Å². The van der Waals surface area contributed by atoms with Gasteiger partial charge in [-0.05, 0) is 57.9 Å². The second-order valence-corrected chi connectivity index (χ2v) is 6.04. The molecule has 0 heterocycles. The number of hydrogen-bond acceptors (Lipinski definition) is 3. The van der Waals surface area contributed by atoms with Gasteiger partial charge in [-0.2, -0.15) is 0 Å². The molecule has 104 valence electrons. The van der Waals surface area contributed by atoms with Crippen LogP contribution in [-0.4, -0.2) is 22.7 Å². The highest BCUT2D eigenvalue weighted by molar-refractivity contribution is 6.00. The van der Waals surface area contributed by atoms with E-state index in [1.54, 1.807) is 0 Å². The Morgan fingerprint density at radius 1 is 1.37 bits per heavy atom. The van der Waals surface area contributed by atoms with Crippen molar-refractivity contribution in [1.82, 2.24) is 4.90 Å². The first-order valence-electron chi connectivity index (χ1n) is 6.50. The van der Waals surface area contributed by atoms with Gasteiger partial charge in [0.15, 0.2) is 0 Å². The molecule has 0 fully saturated rings. The number of nitrogens with one attached hydrogen (secondary N) is 1. The number of nitrogen functional groups attached to an aromatic ring is 1. The minimum Gasteiger partial charge on any atom is -0.399 e. The van der Waals surface area contributed by atoms with Gasteiger partial charge in [0.1, 0.15) is 0 Å². The molecule has 0 spiro atoms. The maximum Gasteiger partial charge on any atom is 0.0603 e. The van der Waals surface area contributed by atoms with Crippen LogP contribution in [0.1, 0.15) is 38.8 Å². The van der Waals surface area contributed by atoms with E-state index in [2.05, 4.69) is 32.3 Å². The van der Waals surface area contributed by atoms with Crippen molar-refractivity contribution < 1.29 is 0 Å². The third kappa shape index (κ3) is 3.85. The van der Waals surface area contributed by atoms with Crippen LogP contribution in [-0.2, 0) is 0 Å². The molecule has 1 rings (SSSR count). The van der Waals surface area contributed by atoms with Gasteiger partial charge in [0, 0.05) is 16.9 Å². The second kappa shape index (κ2) is 5.47. The molecular weight excluding hydrogens is 234 g/mol. The van der Waals surface area contributed by atoms with Crippen LogP contribution in [0.15, 0.2) is 30.5 Å². The Bertz CT molecular complexity index is 495. The Hall–Kier alpha value is -1.77. The van der Waals surface area contributed by atoms with Crippen LogP contribution >= 0.6 is 0 Å².